The standard InChI is InChI=1S/C32H55NO3/c1-23(2)13-10-14-24(3)15-11-16-25(4)17-12-19-32(7)20-18-28-21-29(35-30(34)22-33(8)9)26(5)27(6)31(28)36-32/h21,23-25H,10-20,22H2,1-9H3/t24-,25-,32+/m1/s1. The van der Waals surface area contributed by atoms with Crippen LogP contribution in [0.1, 0.15) is 116 Å². The lowest BCUT2D eigenvalue weighted by atomic mass is 9.85. The second-order valence-electron chi connectivity index (χ2n) is 12.7. The molecule has 206 valence electrons. The van der Waals surface area contributed by atoms with Gasteiger partial charge in [-0.15, -0.1) is 0 Å². The number of hydrogen-bond donors (Lipinski definition) is 0. The average Bonchev–Trinajstić information content (AvgIpc) is 2.77. The molecule has 1 heterocycles. The Morgan fingerprint density at radius 2 is 1.56 bits per heavy atom. The molecule has 0 saturated carbocycles. The van der Waals surface area contributed by atoms with Crippen LogP contribution in [0.3, 0.4) is 0 Å². The number of carbonyl (C=O) groups is 1. The van der Waals surface area contributed by atoms with E-state index in [-0.39, 0.29) is 18.1 Å². The van der Waals surface area contributed by atoms with Gasteiger partial charge in [-0.25, -0.2) is 0 Å². The van der Waals surface area contributed by atoms with E-state index in [1.165, 1.54) is 56.9 Å². The normalized spacial score (nSPS) is 19.2. The fourth-order valence-electron chi connectivity index (χ4n) is 5.45. The number of nitrogens with zero attached hydrogens (tertiary/aromatic N) is 1. The summed E-state index contributed by atoms with van der Waals surface area (Å²) in [7, 11) is 3.75. The van der Waals surface area contributed by atoms with Gasteiger partial charge in [-0.1, -0.05) is 72.6 Å². The van der Waals surface area contributed by atoms with Gasteiger partial charge in [0.15, 0.2) is 0 Å². The van der Waals surface area contributed by atoms with E-state index in [9.17, 15) is 4.79 Å². The number of benzene rings is 1. The fourth-order valence-corrected chi connectivity index (χ4v) is 5.45. The molecule has 0 aliphatic carbocycles. The Bertz CT molecular complexity index is 831. The molecule has 0 spiro atoms. The predicted octanol–water partition coefficient (Wildman–Crippen LogP) is 8.29. The summed E-state index contributed by atoms with van der Waals surface area (Å²) < 4.78 is 12.3. The van der Waals surface area contributed by atoms with Crippen LogP contribution < -0.4 is 9.47 Å². The second kappa shape index (κ2) is 14.4. The smallest absolute Gasteiger partial charge is 0.325 e. The van der Waals surface area contributed by atoms with Crippen LogP contribution in [-0.4, -0.2) is 37.1 Å². The molecule has 0 saturated heterocycles. The van der Waals surface area contributed by atoms with E-state index in [4.69, 9.17) is 9.47 Å². The summed E-state index contributed by atoms with van der Waals surface area (Å²) in [5.74, 6) is 3.95. The summed E-state index contributed by atoms with van der Waals surface area (Å²) in [6.07, 6.45) is 13.8. The van der Waals surface area contributed by atoms with Crippen molar-refractivity contribution in [3.05, 3.63) is 22.8 Å². The van der Waals surface area contributed by atoms with Crippen LogP contribution in [0.5, 0.6) is 11.5 Å². The van der Waals surface area contributed by atoms with Crippen molar-refractivity contribution < 1.29 is 14.3 Å². The molecule has 3 atom stereocenters. The molecule has 1 aromatic rings. The maximum absolute atomic E-state index is 12.2. The van der Waals surface area contributed by atoms with Crippen molar-refractivity contribution in [3.63, 3.8) is 0 Å². The molecule has 0 bridgehead atoms. The molecule has 1 aliphatic rings. The van der Waals surface area contributed by atoms with Crippen molar-refractivity contribution >= 4 is 5.97 Å². The third-order valence-electron chi connectivity index (χ3n) is 8.09. The Morgan fingerprint density at radius 3 is 2.14 bits per heavy atom. The molecule has 4 nitrogen and oxygen atoms in total. The number of aryl methyl sites for hydroxylation is 1. The number of carbonyl (C=O) groups excluding carboxylic acids is 1. The summed E-state index contributed by atoms with van der Waals surface area (Å²) in [6, 6.07) is 2.02. The molecule has 4 heteroatoms. The highest BCUT2D eigenvalue weighted by Crippen LogP contribution is 2.42. The van der Waals surface area contributed by atoms with Gasteiger partial charge in [0.05, 0.1) is 6.54 Å². The van der Waals surface area contributed by atoms with E-state index < -0.39 is 0 Å². The topological polar surface area (TPSA) is 38.8 Å². The van der Waals surface area contributed by atoms with Gasteiger partial charge in [0, 0.05) is 0 Å². The summed E-state index contributed by atoms with van der Waals surface area (Å²) >= 11 is 0. The molecule has 1 aromatic carbocycles. The zero-order chi connectivity index (χ0) is 26.9. The van der Waals surface area contributed by atoms with Gasteiger partial charge < -0.3 is 9.47 Å². The first kappa shape index (κ1) is 30.7. The molecule has 2 rings (SSSR count). The third-order valence-corrected chi connectivity index (χ3v) is 8.09. The van der Waals surface area contributed by atoms with Gasteiger partial charge in [-0.2, -0.15) is 0 Å². The zero-order valence-electron chi connectivity index (χ0n) is 25.0. The van der Waals surface area contributed by atoms with E-state index in [0.29, 0.717) is 5.75 Å². The predicted molar refractivity (Wildman–Crippen MR) is 152 cm³/mol. The first-order valence-electron chi connectivity index (χ1n) is 14.6. The maximum Gasteiger partial charge on any atom is 0.325 e. The summed E-state index contributed by atoms with van der Waals surface area (Å²) in [6.45, 7) is 16.2. The van der Waals surface area contributed by atoms with Crippen molar-refractivity contribution in [2.45, 2.75) is 125 Å². The SMILES string of the molecule is Cc1c(OC(=O)CN(C)C)cc2c(c1C)O[C@@](C)(CCC[C@H](C)CCC[C@H](C)CCCC(C)C)CC2. The second-order valence-corrected chi connectivity index (χ2v) is 12.7. The Hall–Kier alpha value is -1.55. The molecule has 0 N–H and O–H groups in total. The van der Waals surface area contributed by atoms with Gasteiger partial charge in [0.2, 0.25) is 0 Å². The van der Waals surface area contributed by atoms with Crippen LogP contribution in [0.4, 0.5) is 0 Å². The minimum Gasteiger partial charge on any atom is -0.487 e. The van der Waals surface area contributed by atoms with E-state index in [1.54, 1.807) is 0 Å². The molecule has 36 heavy (non-hydrogen) atoms. The summed E-state index contributed by atoms with van der Waals surface area (Å²) in [5, 5.41) is 0. The average molecular weight is 502 g/mol. The van der Waals surface area contributed by atoms with Gasteiger partial charge in [-0.3, -0.25) is 9.69 Å². The largest absolute Gasteiger partial charge is 0.487 e. The highest BCUT2D eigenvalue weighted by Gasteiger charge is 2.33. The van der Waals surface area contributed by atoms with Crippen LogP contribution in [-0.2, 0) is 11.2 Å². The number of hydrogen-bond acceptors (Lipinski definition) is 4. The first-order valence-corrected chi connectivity index (χ1v) is 14.6. The summed E-state index contributed by atoms with van der Waals surface area (Å²) in [5.41, 5.74) is 3.15. The quantitative estimate of drug-likeness (QED) is 0.179. The molecular weight excluding hydrogens is 446 g/mol. The van der Waals surface area contributed by atoms with Crippen LogP contribution in [0.2, 0.25) is 0 Å². The molecule has 0 amide bonds. The van der Waals surface area contributed by atoms with E-state index in [1.807, 2.05) is 32.0 Å². The van der Waals surface area contributed by atoms with Crippen LogP contribution in [0.25, 0.3) is 0 Å². The van der Waals surface area contributed by atoms with E-state index in [2.05, 4.69) is 41.5 Å². The minimum absolute atomic E-state index is 0.113. The van der Waals surface area contributed by atoms with Crippen molar-refractivity contribution in [1.29, 1.82) is 0 Å². The van der Waals surface area contributed by atoms with Gasteiger partial charge in [-0.05, 0) is 101 Å². The van der Waals surface area contributed by atoms with Crippen molar-refractivity contribution in [3.8, 4) is 11.5 Å². The zero-order valence-corrected chi connectivity index (χ0v) is 25.0. The monoisotopic (exact) mass is 501 g/mol. The fraction of sp³-hybridized carbons (Fsp3) is 0.781. The van der Waals surface area contributed by atoms with Crippen LogP contribution in [0, 0.1) is 31.6 Å². The number of likely N-dealkylation sites (N-methyl/N-ethyl adjacent to an activating group) is 1. The van der Waals surface area contributed by atoms with Gasteiger partial charge in [0.1, 0.15) is 17.1 Å². The number of fused-ring (bicyclic) bond motifs is 1. The van der Waals surface area contributed by atoms with Gasteiger partial charge in [0.25, 0.3) is 0 Å². The molecular formula is C32H55NO3. The van der Waals surface area contributed by atoms with Crippen molar-refractivity contribution in [2.75, 3.05) is 20.6 Å². The summed E-state index contributed by atoms with van der Waals surface area (Å²) in [4.78, 5) is 14.0. The highest BCUT2D eigenvalue weighted by molar-refractivity contribution is 5.75. The van der Waals surface area contributed by atoms with E-state index >= 15 is 0 Å². The van der Waals surface area contributed by atoms with Crippen molar-refractivity contribution in [2.24, 2.45) is 17.8 Å². The Balaban J connectivity index is 1.80. The third kappa shape index (κ3) is 10.1. The molecule has 1 aliphatic heterocycles. The lowest BCUT2D eigenvalue weighted by molar-refractivity contribution is -0.135. The number of esters is 1. The Kier molecular flexibility index (Phi) is 12.3. The highest BCUT2D eigenvalue weighted by atomic mass is 16.5. The number of rotatable bonds is 15. The van der Waals surface area contributed by atoms with Crippen molar-refractivity contribution in [1.82, 2.24) is 4.90 Å². The maximum atomic E-state index is 12.2. The molecule has 0 aromatic heterocycles. The molecule has 0 fully saturated rings. The molecule has 0 radical (unpaired) electrons. The molecule has 0 unspecified atom stereocenters. The lowest BCUT2D eigenvalue weighted by Crippen LogP contribution is -2.37. The minimum atomic E-state index is -0.223. The van der Waals surface area contributed by atoms with Crippen LogP contribution >= 0.6 is 0 Å². The van der Waals surface area contributed by atoms with E-state index in [0.717, 1.165) is 53.9 Å². The Labute approximate surface area is 222 Å². The first-order chi connectivity index (χ1) is 16.9. The number of ether oxygens (including phenoxy) is 2. The Morgan fingerprint density at radius 1 is 0.972 bits per heavy atom. The van der Waals surface area contributed by atoms with Gasteiger partial charge >= 0.3 is 5.97 Å². The lowest BCUT2D eigenvalue weighted by Gasteiger charge is -2.37. The van der Waals surface area contributed by atoms with Crippen LogP contribution in [0.15, 0.2) is 6.07 Å².